The number of likely N-dealkylation sites (tertiary alicyclic amines) is 1. The molecule has 1 saturated heterocycles. The zero-order valence-corrected chi connectivity index (χ0v) is 13.4. The highest BCUT2D eigenvalue weighted by atomic mass is 16.5. The van der Waals surface area contributed by atoms with Gasteiger partial charge in [-0.2, -0.15) is 0 Å². The van der Waals surface area contributed by atoms with E-state index in [2.05, 4.69) is 13.8 Å². The minimum atomic E-state index is -0.807. The van der Waals surface area contributed by atoms with Crippen molar-refractivity contribution in [2.24, 2.45) is 5.92 Å². The fourth-order valence-corrected chi connectivity index (χ4v) is 2.89. The third-order valence-corrected chi connectivity index (χ3v) is 4.21. The third-order valence-electron chi connectivity index (χ3n) is 4.21. The van der Waals surface area contributed by atoms with Crippen LogP contribution in [0, 0.1) is 5.92 Å². The molecule has 6 heteroatoms. The van der Waals surface area contributed by atoms with Crippen LogP contribution in [0.5, 0.6) is 0 Å². The van der Waals surface area contributed by atoms with Crippen LogP contribution in [0.4, 0.5) is 4.79 Å². The Balaban J connectivity index is 2.75. The average molecular weight is 300 g/mol. The maximum Gasteiger partial charge on any atom is 0.320 e. The van der Waals surface area contributed by atoms with Gasteiger partial charge in [0, 0.05) is 32.8 Å². The number of methoxy groups -OCH3 is 1. The van der Waals surface area contributed by atoms with Crippen molar-refractivity contribution in [1.29, 1.82) is 0 Å². The largest absolute Gasteiger partial charge is 0.481 e. The lowest BCUT2D eigenvalue weighted by molar-refractivity contribution is -0.143. The molecule has 0 aliphatic carbocycles. The molecule has 1 rings (SSSR count). The fourth-order valence-electron chi connectivity index (χ4n) is 2.89. The van der Waals surface area contributed by atoms with Crippen molar-refractivity contribution >= 4 is 12.0 Å². The molecule has 6 nitrogen and oxygen atoms in total. The first-order chi connectivity index (χ1) is 10.0. The van der Waals surface area contributed by atoms with Crippen molar-refractivity contribution in [2.75, 3.05) is 33.4 Å². The molecule has 1 fully saturated rings. The van der Waals surface area contributed by atoms with E-state index in [1.165, 1.54) is 0 Å². The summed E-state index contributed by atoms with van der Waals surface area (Å²) in [6.07, 6.45) is 3.19. The second-order valence-corrected chi connectivity index (χ2v) is 5.56. The van der Waals surface area contributed by atoms with Gasteiger partial charge in [-0.15, -0.1) is 0 Å². The van der Waals surface area contributed by atoms with Crippen molar-refractivity contribution in [3.63, 3.8) is 0 Å². The van der Waals surface area contributed by atoms with Gasteiger partial charge in [-0.25, -0.2) is 4.79 Å². The van der Waals surface area contributed by atoms with Gasteiger partial charge in [-0.3, -0.25) is 4.79 Å². The number of nitrogens with zero attached hydrogens (tertiary/aromatic N) is 2. The van der Waals surface area contributed by atoms with Crippen LogP contribution in [0.25, 0.3) is 0 Å². The molecule has 0 saturated carbocycles. The van der Waals surface area contributed by atoms with Gasteiger partial charge >= 0.3 is 12.0 Å². The number of urea groups is 1. The number of ether oxygens (including phenoxy) is 1. The average Bonchev–Trinajstić information content (AvgIpc) is 2.51. The van der Waals surface area contributed by atoms with Crippen LogP contribution in [0.1, 0.15) is 39.5 Å². The smallest absolute Gasteiger partial charge is 0.320 e. The van der Waals surface area contributed by atoms with Crippen molar-refractivity contribution in [3.05, 3.63) is 0 Å². The van der Waals surface area contributed by atoms with Gasteiger partial charge in [0.1, 0.15) is 0 Å². The Bertz CT molecular complexity index is 345. The summed E-state index contributed by atoms with van der Waals surface area (Å²) in [7, 11) is 1.62. The lowest BCUT2D eigenvalue weighted by atomic mass is 9.98. The zero-order valence-electron chi connectivity index (χ0n) is 13.4. The van der Waals surface area contributed by atoms with E-state index in [-0.39, 0.29) is 12.1 Å². The standard InChI is InChI=1S/C15H28N2O4/c1-4-13(5-2)17(9-10-21-3)15(20)16-8-6-7-12(11-16)14(18)19/h12-13H,4-11H2,1-3H3,(H,18,19)/t12-/m0/s1. The zero-order chi connectivity index (χ0) is 15.8. The lowest BCUT2D eigenvalue weighted by Gasteiger charge is -2.38. The first-order valence-electron chi connectivity index (χ1n) is 7.82. The molecular formula is C15H28N2O4. The van der Waals surface area contributed by atoms with E-state index in [1.54, 1.807) is 12.0 Å². The molecular weight excluding hydrogens is 272 g/mol. The minimum Gasteiger partial charge on any atom is -0.481 e. The minimum absolute atomic E-state index is 0.0494. The Kier molecular flexibility index (Phi) is 7.50. The highest BCUT2D eigenvalue weighted by molar-refractivity contribution is 5.77. The Hall–Kier alpha value is -1.30. The first-order valence-corrected chi connectivity index (χ1v) is 7.82. The highest BCUT2D eigenvalue weighted by Crippen LogP contribution is 2.20. The van der Waals surface area contributed by atoms with Crippen LogP contribution in [-0.4, -0.2) is 66.3 Å². The van der Waals surface area contributed by atoms with Crippen molar-refractivity contribution < 1.29 is 19.4 Å². The van der Waals surface area contributed by atoms with E-state index in [9.17, 15) is 9.59 Å². The first kappa shape index (κ1) is 17.8. The number of carbonyl (C=O) groups excluding carboxylic acids is 1. The van der Waals surface area contributed by atoms with Gasteiger partial charge < -0.3 is 19.6 Å². The molecule has 1 aliphatic heterocycles. The van der Waals surface area contributed by atoms with E-state index in [0.29, 0.717) is 32.7 Å². The Morgan fingerprint density at radius 1 is 1.38 bits per heavy atom. The molecule has 1 atom stereocenters. The van der Waals surface area contributed by atoms with Crippen LogP contribution in [0.3, 0.4) is 0 Å². The maximum atomic E-state index is 12.7. The predicted octanol–water partition coefficient (Wildman–Crippen LogP) is 2.04. The molecule has 1 N–H and O–H groups in total. The van der Waals surface area contributed by atoms with E-state index < -0.39 is 11.9 Å². The van der Waals surface area contributed by atoms with E-state index in [0.717, 1.165) is 19.3 Å². The molecule has 0 bridgehead atoms. The lowest BCUT2D eigenvalue weighted by Crippen LogP contribution is -2.52. The second kappa shape index (κ2) is 8.87. The molecule has 0 radical (unpaired) electrons. The number of rotatable bonds is 7. The normalized spacial score (nSPS) is 18.9. The van der Waals surface area contributed by atoms with Crippen LogP contribution in [0.15, 0.2) is 0 Å². The van der Waals surface area contributed by atoms with Gasteiger partial charge in [-0.05, 0) is 25.7 Å². The molecule has 1 heterocycles. The molecule has 0 aromatic heterocycles. The summed E-state index contributed by atoms with van der Waals surface area (Å²) in [5.41, 5.74) is 0. The van der Waals surface area contributed by atoms with E-state index in [4.69, 9.17) is 9.84 Å². The predicted molar refractivity (Wildman–Crippen MR) is 80.3 cm³/mol. The molecule has 0 spiro atoms. The van der Waals surface area contributed by atoms with Crippen molar-refractivity contribution in [1.82, 2.24) is 9.80 Å². The molecule has 2 amide bonds. The quantitative estimate of drug-likeness (QED) is 0.781. The van der Waals surface area contributed by atoms with Crippen molar-refractivity contribution in [2.45, 2.75) is 45.6 Å². The second-order valence-electron chi connectivity index (χ2n) is 5.56. The van der Waals surface area contributed by atoms with Gasteiger partial charge in [0.25, 0.3) is 0 Å². The van der Waals surface area contributed by atoms with Crippen LogP contribution < -0.4 is 0 Å². The molecule has 1 aliphatic rings. The number of carboxylic acid groups (broad SMARTS) is 1. The van der Waals surface area contributed by atoms with Crippen LogP contribution in [0.2, 0.25) is 0 Å². The number of amides is 2. The monoisotopic (exact) mass is 300 g/mol. The van der Waals surface area contributed by atoms with Gasteiger partial charge in [0.05, 0.1) is 12.5 Å². The summed E-state index contributed by atoms with van der Waals surface area (Å²) in [6.45, 7) is 6.15. The van der Waals surface area contributed by atoms with Gasteiger partial charge in [-0.1, -0.05) is 13.8 Å². The summed E-state index contributed by atoms with van der Waals surface area (Å²) in [6, 6.07) is 0.129. The maximum absolute atomic E-state index is 12.7. The van der Waals surface area contributed by atoms with Crippen LogP contribution >= 0.6 is 0 Å². The van der Waals surface area contributed by atoms with Gasteiger partial charge in [0.15, 0.2) is 0 Å². The summed E-state index contributed by atoms with van der Waals surface area (Å²) in [4.78, 5) is 27.4. The third kappa shape index (κ3) is 4.88. The van der Waals surface area contributed by atoms with E-state index in [1.807, 2.05) is 4.90 Å². The molecule has 0 aromatic rings. The van der Waals surface area contributed by atoms with Gasteiger partial charge in [0.2, 0.25) is 0 Å². The Morgan fingerprint density at radius 3 is 2.57 bits per heavy atom. The SMILES string of the molecule is CCC(CC)N(CCOC)C(=O)N1CCC[C@H](C(=O)O)C1. The number of carboxylic acids is 1. The van der Waals surface area contributed by atoms with E-state index >= 15 is 0 Å². The number of aliphatic carboxylic acids is 1. The molecule has 0 aromatic carbocycles. The highest BCUT2D eigenvalue weighted by Gasteiger charge is 2.32. The van der Waals surface area contributed by atoms with Crippen molar-refractivity contribution in [3.8, 4) is 0 Å². The molecule has 122 valence electrons. The Labute approximate surface area is 127 Å². The Morgan fingerprint density at radius 2 is 2.05 bits per heavy atom. The summed E-state index contributed by atoms with van der Waals surface area (Å²) in [5, 5.41) is 9.15. The number of hydrogen-bond donors (Lipinski definition) is 1. The topological polar surface area (TPSA) is 70.1 Å². The molecule has 21 heavy (non-hydrogen) atoms. The summed E-state index contributed by atoms with van der Waals surface area (Å²) in [5.74, 6) is -1.24. The summed E-state index contributed by atoms with van der Waals surface area (Å²) >= 11 is 0. The number of hydrogen-bond acceptors (Lipinski definition) is 3. The summed E-state index contributed by atoms with van der Waals surface area (Å²) < 4.78 is 5.10. The van der Waals surface area contributed by atoms with Crippen LogP contribution in [-0.2, 0) is 9.53 Å². The molecule has 0 unspecified atom stereocenters. The number of carbonyl (C=O) groups is 2. The number of piperidine rings is 1. The fraction of sp³-hybridized carbons (Fsp3) is 0.867.